The van der Waals surface area contributed by atoms with Gasteiger partial charge in [0.25, 0.3) is 5.56 Å². The van der Waals surface area contributed by atoms with Gasteiger partial charge in [-0.3, -0.25) is 9.89 Å². The van der Waals surface area contributed by atoms with Crippen LogP contribution < -0.4 is 16.2 Å². The van der Waals surface area contributed by atoms with Crippen molar-refractivity contribution in [1.29, 1.82) is 0 Å². The Morgan fingerprint density at radius 1 is 1.06 bits per heavy atom. The number of hydrogen-bond donors (Lipinski definition) is 6. The molecule has 0 spiro atoms. The van der Waals surface area contributed by atoms with Gasteiger partial charge in [0.2, 0.25) is 0 Å². The van der Waals surface area contributed by atoms with Crippen molar-refractivity contribution in [3.05, 3.63) is 34.0 Å². The van der Waals surface area contributed by atoms with Crippen LogP contribution in [0.5, 0.6) is 0 Å². The van der Waals surface area contributed by atoms with Crippen LogP contribution in [0.4, 0.5) is 24.8 Å². The van der Waals surface area contributed by atoms with Gasteiger partial charge in [0.05, 0.1) is 6.10 Å². The number of halogens is 3. The SMILES string of the molecule is O=C(O)C(F)(F)F.O=c1cc(CCNc2cc(NCC3CCCCC3O)nc(C3CC3)n2)[nH][nH]1. The molecule has 2 atom stereocenters. The summed E-state index contributed by atoms with van der Waals surface area (Å²) in [4.78, 5) is 29.4. The Hall–Kier alpha value is -3.09. The lowest BCUT2D eigenvalue weighted by Gasteiger charge is -2.27. The van der Waals surface area contributed by atoms with Crippen molar-refractivity contribution < 1.29 is 28.2 Å². The second-order valence-corrected chi connectivity index (χ2v) is 8.53. The largest absolute Gasteiger partial charge is 0.490 e. The summed E-state index contributed by atoms with van der Waals surface area (Å²) >= 11 is 0. The van der Waals surface area contributed by atoms with Gasteiger partial charge >= 0.3 is 12.1 Å². The summed E-state index contributed by atoms with van der Waals surface area (Å²) in [5.74, 6) is 0.515. The molecule has 2 aliphatic rings. The molecule has 0 aromatic carbocycles. The van der Waals surface area contributed by atoms with Gasteiger partial charge in [0.1, 0.15) is 17.5 Å². The summed E-state index contributed by atoms with van der Waals surface area (Å²) in [6.45, 7) is 1.42. The molecule has 2 unspecified atom stereocenters. The third-order valence-corrected chi connectivity index (χ3v) is 5.69. The van der Waals surface area contributed by atoms with E-state index in [9.17, 15) is 23.1 Å². The Labute approximate surface area is 193 Å². The first-order chi connectivity index (χ1) is 16.1. The number of nitrogens with zero attached hydrogens (tertiary/aromatic N) is 2. The molecule has 2 aromatic rings. The highest BCUT2D eigenvalue weighted by atomic mass is 19.4. The average Bonchev–Trinajstić information content (AvgIpc) is 3.55. The Kier molecular flexibility index (Phi) is 8.53. The number of H-pyrrole nitrogens is 2. The molecule has 2 heterocycles. The Morgan fingerprint density at radius 3 is 2.26 bits per heavy atom. The van der Waals surface area contributed by atoms with Crippen LogP contribution in [0.2, 0.25) is 0 Å². The van der Waals surface area contributed by atoms with E-state index in [-0.39, 0.29) is 11.7 Å². The van der Waals surface area contributed by atoms with Crippen molar-refractivity contribution in [2.24, 2.45) is 5.92 Å². The number of carboxylic acids is 1. The van der Waals surface area contributed by atoms with E-state index < -0.39 is 12.1 Å². The van der Waals surface area contributed by atoms with Crippen LogP contribution >= 0.6 is 0 Å². The van der Waals surface area contributed by atoms with E-state index in [0.717, 1.165) is 61.8 Å². The van der Waals surface area contributed by atoms with Crippen LogP contribution in [-0.2, 0) is 11.2 Å². The van der Waals surface area contributed by atoms with Crippen molar-refractivity contribution >= 4 is 17.6 Å². The molecule has 0 amide bonds. The van der Waals surface area contributed by atoms with E-state index in [1.54, 1.807) is 6.07 Å². The number of nitrogens with one attached hydrogen (secondary N) is 4. The molecule has 0 bridgehead atoms. The van der Waals surface area contributed by atoms with E-state index in [4.69, 9.17) is 9.90 Å². The zero-order valence-electron chi connectivity index (χ0n) is 18.5. The third-order valence-electron chi connectivity index (χ3n) is 5.69. The second kappa shape index (κ2) is 11.4. The monoisotopic (exact) mass is 486 g/mol. The van der Waals surface area contributed by atoms with Gasteiger partial charge in [-0.15, -0.1) is 0 Å². The van der Waals surface area contributed by atoms with Crippen LogP contribution in [0.25, 0.3) is 0 Å². The Balaban J connectivity index is 0.000000406. The summed E-state index contributed by atoms with van der Waals surface area (Å²) in [6.07, 6.45) is 1.98. The lowest BCUT2D eigenvalue weighted by atomic mass is 9.86. The minimum absolute atomic E-state index is 0.112. The van der Waals surface area contributed by atoms with Crippen molar-refractivity contribution in [2.45, 2.75) is 63.1 Å². The smallest absolute Gasteiger partial charge is 0.475 e. The number of aliphatic hydroxyl groups excluding tert-OH is 1. The maximum Gasteiger partial charge on any atom is 0.490 e. The highest BCUT2D eigenvalue weighted by molar-refractivity contribution is 5.73. The molecule has 6 N–H and O–H groups in total. The van der Waals surface area contributed by atoms with Gasteiger partial charge in [-0.05, 0) is 25.7 Å². The van der Waals surface area contributed by atoms with Crippen molar-refractivity contribution in [1.82, 2.24) is 20.2 Å². The number of hydrogen-bond acceptors (Lipinski definition) is 7. The average molecular weight is 486 g/mol. The molecule has 2 aliphatic carbocycles. The quantitative estimate of drug-likeness (QED) is 0.333. The third kappa shape index (κ3) is 8.04. The predicted molar refractivity (Wildman–Crippen MR) is 118 cm³/mol. The highest BCUT2D eigenvalue weighted by Crippen LogP contribution is 2.39. The topological polar surface area (TPSA) is 156 Å². The minimum Gasteiger partial charge on any atom is -0.475 e. The molecular formula is C21H29F3N6O4. The van der Waals surface area contributed by atoms with E-state index in [0.29, 0.717) is 24.8 Å². The minimum atomic E-state index is -5.08. The van der Waals surface area contributed by atoms with Crippen LogP contribution in [0, 0.1) is 5.92 Å². The zero-order chi connectivity index (χ0) is 24.7. The van der Waals surface area contributed by atoms with E-state index in [2.05, 4.69) is 30.8 Å². The van der Waals surface area contributed by atoms with Gasteiger partial charge in [-0.2, -0.15) is 13.2 Å². The van der Waals surface area contributed by atoms with Crippen molar-refractivity contribution in [3.8, 4) is 0 Å². The van der Waals surface area contributed by atoms with Gasteiger partial charge in [0.15, 0.2) is 0 Å². The van der Waals surface area contributed by atoms with Crippen LogP contribution in [0.15, 0.2) is 16.9 Å². The Bertz CT molecular complexity index is 1000. The van der Waals surface area contributed by atoms with E-state index >= 15 is 0 Å². The number of rotatable bonds is 8. The first-order valence-electron chi connectivity index (χ1n) is 11.2. The molecule has 0 saturated heterocycles. The first kappa shape index (κ1) is 25.5. The summed E-state index contributed by atoms with van der Waals surface area (Å²) in [6, 6.07) is 3.50. The summed E-state index contributed by atoms with van der Waals surface area (Å²) < 4.78 is 31.7. The normalized spacial score (nSPS) is 20.2. The molecule has 0 radical (unpaired) electrons. The fraction of sp³-hybridized carbons (Fsp3) is 0.619. The summed E-state index contributed by atoms with van der Waals surface area (Å²) in [5.41, 5.74) is 0.757. The maximum absolute atomic E-state index is 11.2. The van der Waals surface area contributed by atoms with Crippen LogP contribution in [0.3, 0.4) is 0 Å². The van der Waals surface area contributed by atoms with E-state index in [1.165, 1.54) is 6.42 Å². The molecule has 10 nitrogen and oxygen atoms in total. The Morgan fingerprint density at radius 2 is 1.71 bits per heavy atom. The van der Waals surface area contributed by atoms with Crippen molar-refractivity contribution in [3.63, 3.8) is 0 Å². The number of anilines is 2. The molecular weight excluding hydrogens is 457 g/mol. The number of aromatic nitrogens is 4. The molecule has 34 heavy (non-hydrogen) atoms. The summed E-state index contributed by atoms with van der Waals surface area (Å²) in [5, 5.41) is 29.4. The molecule has 13 heteroatoms. The lowest BCUT2D eigenvalue weighted by Crippen LogP contribution is -2.30. The molecule has 4 rings (SSSR count). The molecule has 2 saturated carbocycles. The first-order valence-corrected chi connectivity index (χ1v) is 11.2. The lowest BCUT2D eigenvalue weighted by molar-refractivity contribution is -0.192. The number of aliphatic carboxylic acids is 1. The van der Waals surface area contributed by atoms with Crippen LogP contribution in [0.1, 0.15) is 56.0 Å². The van der Waals surface area contributed by atoms with Gasteiger partial charge < -0.3 is 25.9 Å². The highest BCUT2D eigenvalue weighted by Gasteiger charge is 2.38. The zero-order valence-corrected chi connectivity index (χ0v) is 18.5. The molecule has 0 aliphatic heterocycles. The standard InChI is InChI=1S/C19H28N6O2.C2HF3O2/c26-15-4-2-1-3-13(15)11-21-17-10-16(22-19(23-17)12-5-6-12)20-8-7-14-9-18(27)25-24-14;3-2(4,5)1(6)7/h9-10,12-13,15,26H,1-8,11H2,(H2,24,25,27)(H2,20,21,22,23);(H,6,7). The number of aliphatic hydroxyl groups is 1. The summed E-state index contributed by atoms with van der Waals surface area (Å²) in [7, 11) is 0. The predicted octanol–water partition coefficient (Wildman–Crippen LogP) is 2.62. The molecule has 188 valence electrons. The van der Waals surface area contributed by atoms with Gasteiger partial charge in [-0.25, -0.2) is 14.8 Å². The van der Waals surface area contributed by atoms with Crippen molar-refractivity contribution in [2.75, 3.05) is 23.7 Å². The fourth-order valence-electron chi connectivity index (χ4n) is 3.67. The van der Waals surface area contributed by atoms with Crippen LogP contribution in [-0.4, -0.2) is 61.7 Å². The molecule has 2 aromatic heterocycles. The number of alkyl halides is 3. The molecule has 2 fully saturated rings. The second-order valence-electron chi connectivity index (χ2n) is 8.53. The maximum atomic E-state index is 11.2. The number of carbonyl (C=O) groups is 1. The van der Waals surface area contributed by atoms with Gasteiger partial charge in [-0.1, -0.05) is 12.8 Å². The van der Waals surface area contributed by atoms with E-state index in [1.807, 2.05) is 6.07 Å². The number of aromatic amines is 2. The van der Waals surface area contributed by atoms with Gasteiger partial charge in [0, 0.05) is 49.2 Å². The number of carboxylic acid groups (broad SMARTS) is 1. The fourth-order valence-corrected chi connectivity index (χ4v) is 3.67.